The first kappa shape index (κ1) is 18.8. The van der Waals surface area contributed by atoms with Crippen LogP contribution in [0.2, 0.25) is 0 Å². The van der Waals surface area contributed by atoms with Crippen LogP contribution in [0.1, 0.15) is 28.9 Å². The zero-order valence-electron chi connectivity index (χ0n) is 14.6. The highest BCUT2D eigenvalue weighted by molar-refractivity contribution is 7.99. The number of hydrogen-bond acceptors (Lipinski definition) is 4. The molecule has 130 valence electrons. The van der Waals surface area contributed by atoms with Gasteiger partial charge in [-0.15, -0.1) is 23.1 Å². The van der Waals surface area contributed by atoms with E-state index in [0.29, 0.717) is 6.54 Å². The fourth-order valence-electron chi connectivity index (χ4n) is 2.08. The van der Waals surface area contributed by atoms with Gasteiger partial charge in [-0.1, -0.05) is 18.2 Å². The molecule has 6 heteroatoms. The van der Waals surface area contributed by atoms with Gasteiger partial charge < -0.3 is 10.6 Å². The van der Waals surface area contributed by atoms with E-state index in [9.17, 15) is 0 Å². The van der Waals surface area contributed by atoms with Crippen LogP contribution in [0.4, 0.5) is 0 Å². The highest BCUT2D eigenvalue weighted by Gasteiger charge is 2.03. The molecule has 0 fully saturated rings. The second kappa shape index (κ2) is 10.4. The van der Waals surface area contributed by atoms with Gasteiger partial charge in [0.1, 0.15) is 5.01 Å². The average molecular weight is 363 g/mol. The summed E-state index contributed by atoms with van der Waals surface area (Å²) in [6.45, 7) is 8.65. The fraction of sp³-hybridized carbons (Fsp3) is 0.444. The molecule has 0 aliphatic rings. The van der Waals surface area contributed by atoms with Gasteiger partial charge in [-0.3, -0.25) is 0 Å². The van der Waals surface area contributed by atoms with Crippen molar-refractivity contribution in [2.24, 2.45) is 4.99 Å². The van der Waals surface area contributed by atoms with E-state index in [4.69, 9.17) is 0 Å². The van der Waals surface area contributed by atoms with Gasteiger partial charge in [0, 0.05) is 22.9 Å². The standard InChI is InChI=1S/C18H26N4S2/c1-4-19-18(21-13-17-22-14(2)15(3)24-17)20-11-8-12-23-16-9-6-5-7-10-16/h5-7,9-10H,4,8,11-13H2,1-3H3,(H2,19,20,21). The molecule has 0 aliphatic heterocycles. The third-order valence-corrected chi connectivity index (χ3v) is 5.57. The van der Waals surface area contributed by atoms with Crippen LogP contribution < -0.4 is 10.6 Å². The molecule has 0 amide bonds. The molecule has 24 heavy (non-hydrogen) atoms. The minimum atomic E-state index is 0.632. The number of aliphatic imine (C=N–C) groups is 1. The Morgan fingerprint density at radius 1 is 1.21 bits per heavy atom. The molecule has 0 radical (unpaired) electrons. The molecule has 2 rings (SSSR count). The van der Waals surface area contributed by atoms with Crippen molar-refractivity contribution in [2.45, 2.75) is 38.6 Å². The van der Waals surface area contributed by atoms with Gasteiger partial charge in [-0.2, -0.15) is 0 Å². The summed E-state index contributed by atoms with van der Waals surface area (Å²) in [5.74, 6) is 1.97. The maximum Gasteiger partial charge on any atom is 0.191 e. The average Bonchev–Trinajstić information content (AvgIpc) is 2.91. The third-order valence-electron chi connectivity index (χ3n) is 3.41. The van der Waals surface area contributed by atoms with Crippen molar-refractivity contribution in [3.8, 4) is 0 Å². The lowest BCUT2D eigenvalue weighted by molar-refractivity contribution is 0.789. The Morgan fingerprint density at radius 3 is 2.67 bits per heavy atom. The van der Waals surface area contributed by atoms with E-state index in [2.05, 4.69) is 64.8 Å². The number of rotatable bonds is 8. The van der Waals surface area contributed by atoms with Gasteiger partial charge in [0.2, 0.25) is 0 Å². The Bertz CT molecular complexity index is 618. The molecular formula is C18H26N4S2. The van der Waals surface area contributed by atoms with E-state index in [-0.39, 0.29) is 0 Å². The zero-order chi connectivity index (χ0) is 17.2. The topological polar surface area (TPSA) is 49.3 Å². The van der Waals surface area contributed by atoms with Crippen LogP contribution in [0.3, 0.4) is 0 Å². The summed E-state index contributed by atoms with van der Waals surface area (Å²) in [4.78, 5) is 11.8. The first-order valence-electron chi connectivity index (χ1n) is 8.32. The Morgan fingerprint density at radius 2 is 2.00 bits per heavy atom. The molecule has 2 aromatic rings. The second-order valence-electron chi connectivity index (χ2n) is 5.39. The maximum atomic E-state index is 4.63. The molecular weight excluding hydrogens is 336 g/mol. The quantitative estimate of drug-likeness (QED) is 0.323. The first-order chi connectivity index (χ1) is 11.7. The predicted molar refractivity (Wildman–Crippen MR) is 106 cm³/mol. The molecule has 0 unspecified atom stereocenters. The molecule has 0 aliphatic carbocycles. The number of thioether (sulfide) groups is 1. The number of nitrogens with one attached hydrogen (secondary N) is 2. The van der Waals surface area contributed by atoms with Crippen LogP contribution in [0.25, 0.3) is 0 Å². The summed E-state index contributed by atoms with van der Waals surface area (Å²) in [5, 5.41) is 7.76. The maximum absolute atomic E-state index is 4.63. The minimum Gasteiger partial charge on any atom is -0.357 e. The number of aromatic nitrogens is 1. The van der Waals surface area contributed by atoms with Crippen LogP contribution in [-0.4, -0.2) is 29.8 Å². The minimum absolute atomic E-state index is 0.632. The lowest BCUT2D eigenvalue weighted by Gasteiger charge is -2.10. The van der Waals surface area contributed by atoms with E-state index in [1.807, 2.05) is 18.7 Å². The molecule has 4 nitrogen and oxygen atoms in total. The molecule has 0 atom stereocenters. The smallest absolute Gasteiger partial charge is 0.191 e. The second-order valence-corrected chi connectivity index (χ2v) is 7.84. The summed E-state index contributed by atoms with van der Waals surface area (Å²) in [6.07, 6.45) is 1.10. The highest BCUT2D eigenvalue weighted by atomic mass is 32.2. The van der Waals surface area contributed by atoms with E-state index in [1.165, 1.54) is 9.77 Å². The zero-order valence-corrected chi connectivity index (χ0v) is 16.3. The van der Waals surface area contributed by atoms with Gasteiger partial charge in [-0.05, 0) is 45.1 Å². The van der Waals surface area contributed by atoms with Gasteiger partial charge >= 0.3 is 0 Å². The lowest BCUT2D eigenvalue weighted by Crippen LogP contribution is -2.37. The Kier molecular flexibility index (Phi) is 8.12. The van der Waals surface area contributed by atoms with Gasteiger partial charge in [0.05, 0.1) is 12.2 Å². The van der Waals surface area contributed by atoms with Crippen molar-refractivity contribution in [1.29, 1.82) is 0 Å². The van der Waals surface area contributed by atoms with E-state index in [1.54, 1.807) is 11.3 Å². The van der Waals surface area contributed by atoms with Crippen molar-refractivity contribution < 1.29 is 0 Å². The van der Waals surface area contributed by atoms with E-state index < -0.39 is 0 Å². The van der Waals surface area contributed by atoms with Gasteiger partial charge in [0.15, 0.2) is 5.96 Å². The Hall–Kier alpha value is -1.53. The van der Waals surface area contributed by atoms with Crippen LogP contribution >= 0.6 is 23.1 Å². The van der Waals surface area contributed by atoms with Gasteiger partial charge in [0.25, 0.3) is 0 Å². The van der Waals surface area contributed by atoms with Crippen LogP contribution in [0, 0.1) is 13.8 Å². The normalized spacial score (nSPS) is 11.5. The summed E-state index contributed by atoms with van der Waals surface area (Å²) < 4.78 is 0. The number of benzene rings is 1. The van der Waals surface area contributed by atoms with Crippen molar-refractivity contribution in [3.05, 3.63) is 45.9 Å². The molecule has 2 N–H and O–H groups in total. The predicted octanol–water partition coefficient (Wildman–Crippen LogP) is 4.00. The van der Waals surface area contributed by atoms with Gasteiger partial charge in [-0.25, -0.2) is 9.98 Å². The number of nitrogens with zero attached hydrogens (tertiary/aromatic N) is 2. The Balaban J connectivity index is 1.73. The summed E-state index contributed by atoms with van der Waals surface area (Å²) in [7, 11) is 0. The summed E-state index contributed by atoms with van der Waals surface area (Å²) in [5.41, 5.74) is 1.11. The molecule has 1 aromatic carbocycles. The van der Waals surface area contributed by atoms with Crippen molar-refractivity contribution in [2.75, 3.05) is 18.8 Å². The molecule has 1 heterocycles. The SMILES string of the molecule is CCNC(=NCc1nc(C)c(C)s1)NCCCSc1ccccc1. The summed E-state index contributed by atoms with van der Waals surface area (Å²) in [6, 6.07) is 10.5. The third kappa shape index (κ3) is 6.53. The number of aryl methyl sites for hydroxylation is 2. The van der Waals surface area contributed by atoms with E-state index >= 15 is 0 Å². The van der Waals surface area contributed by atoms with Crippen molar-refractivity contribution in [1.82, 2.24) is 15.6 Å². The van der Waals surface area contributed by atoms with Crippen molar-refractivity contribution in [3.63, 3.8) is 0 Å². The highest BCUT2D eigenvalue weighted by Crippen LogP contribution is 2.18. The fourth-order valence-corrected chi connectivity index (χ4v) is 3.81. The number of hydrogen-bond donors (Lipinski definition) is 2. The number of thiazole rings is 1. The van der Waals surface area contributed by atoms with Crippen LogP contribution in [-0.2, 0) is 6.54 Å². The lowest BCUT2D eigenvalue weighted by atomic mass is 10.4. The largest absolute Gasteiger partial charge is 0.357 e. The van der Waals surface area contributed by atoms with Crippen LogP contribution in [0.15, 0.2) is 40.2 Å². The molecule has 0 saturated carbocycles. The molecule has 0 spiro atoms. The summed E-state index contributed by atoms with van der Waals surface area (Å²) >= 11 is 3.62. The monoisotopic (exact) mass is 362 g/mol. The van der Waals surface area contributed by atoms with Crippen LogP contribution in [0.5, 0.6) is 0 Å². The van der Waals surface area contributed by atoms with Crippen molar-refractivity contribution >= 4 is 29.1 Å². The molecule has 0 saturated heterocycles. The number of guanidine groups is 1. The Labute approximate surface area is 153 Å². The molecule has 1 aromatic heterocycles. The first-order valence-corrected chi connectivity index (χ1v) is 10.1. The molecule has 0 bridgehead atoms. The van der Waals surface area contributed by atoms with E-state index in [0.717, 1.165) is 41.9 Å².